The van der Waals surface area contributed by atoms with E-state index in [4.69, 9.17) is 0 Å². The number of phenolic OH excluding ortho intramolecular Hbond substituents is 1. The summed E-state index contributed by atoms with van der Waals surface area (Å²) in [4.78, 5) is 15.0. The second kappa shape index (κ2) is 5.32. The molecule has 0 aliphatic rings. The molecule has 3 rings (SSSR count). The summed E-state index contributed by atoms with van der Waals surface area (Å²) >= 11 is 0. The summed E-state index contributed by atoms with van der Waals surface area (Å²) in [7, 11) is 0. The average molecular weight is 281 g/mol. The molecule has 21 heavy (non-hydrogen) atoms. The number of benzene rings is 2. The molecule has 3 aromatic rings. The fourth-order valence-electron chi connectivity index (χ4n) is 2.28. The Labute approximate surface area is 120 Å². The highest BCUT2D eigenvalue weighted by atomic mass is 19.1. The molecule has 0 bridgehead atoms. The summed E-state index contributed by atoms with van der Waals surface area (Å²) in [5.41, 5.74) is 2.56. The number of aromatic hydroxyl groups is 1. The standard InChI is InChI=1S/C17H12FNO2/c18-15-5-1-11(2-6-15)7-12-8-13-3-4-14(10-20)17(21)16(13)19-9-12/h1-6,8-10,21H,7H2. The van der Waals surface area contributed by atoms with Crippen molar-refractivity contribution in [2.24, 2.45) is 0 Å². The Hall–Kier alpha value is -2.75. The third-order valence-electron chi connectivity index (χ3n) is 3.36. The summed E-state index contributed by atoms with van der Waals surface area (Å²) in [5.74, 6) is -0.363. The van der Waals surface area contributed by atoms with Gasteiger partial charge in [0, 0.05) is 11.6 Å². The van der Waals surface area contributed by atoms with Crippen LogP contribution in [-0.4, -0.2) is 16.4 Å². The van der Waals surface area contributed by atoms with Crippen LogP contribution in [-0.2, 0) is 6.42 Å². The number of carbonyl (C=O) groups excluding carboxylic acids is 1. The Morgan fingerprint density at radius 3 is 2.57 bits per heavy atom. The molecule has 4 heteroatoms. The lowest BCUT2D eigenvalue weighted by atomic mass is 10.0. The first-order valence-corrected chi connectivity index (χ1v) is 6.47. The van der Waals surface area contributed by atoms with E-state index >= 15 is 0 Å². The molecule has 0 amide bonds. The molecule has 0 saturated heterocycles. The summed E-state index contributed by atoms with van der Waals surface area (Å²) in [6.45, 7) is 0. The van der Waals surface area contributed by atoms with Crippen LogP contribution in [0.15, 0.2) is 48.7 Å². The van der Waals surface area contributed by atoms with Gasteiger partial charge in [-0.05, 0) is 41.8 Å². The van der Waals surface area contributed by atoms with Gasteiger partial charge in [0.1, 0.15) is 11.3 Å². The van der Waals surface area contributed by atoms with Crippen molar-refractivity contribution >= 4 is 17.2 Å². The molecule has 0 atom stereocenters. The van der Waals surface area contributed by atoms with Gasteiger partial charge in [-0.15, -0.1) is 0 Å². The predicted molar refractivity (Wildman–Crippen MR) is 78.0 cm³/mol. The first-order valence-electron chi connectivity index (χ1n) is 6.47. The second-order valence-electron chi connectivity index (χ2n) is 4.84. The number of carbonyl (C=O) groups is 1. The van der Waals surface area contributed by atoms with E-state index in [1.165, 1.54) is 12.1 Å². The van der Waals surface area contributed by atoms with Crippen LogP contribution >= 0.6 is 0 Å². The highest BCUT2D eigenvalue weighted by molar-refractivity contribution is 5.93. The van der Waals surface area contributed by atoms with Gasteiger partial charge in [0.2, 0.25) is 0 Å². The van der Waals surface area contributed by atoms with Gasteiger partial charge in [-0.2, -0.15) is 0 Å². The Morgan fingerprint density at radius 1 is 1.10 bits per heavy atom. The van der Waals surface area contributed by atoms with Crippen molar-refractivity contribution in [3.8, 4) is 5.75 Å². The van der Waals surface area contributed by atoms with E-state index in [0.717, 1.165) is 16.5 Å². The number of nitrogens with zero attached hydrogens (tertiary/aromatic N) is 1. The number of pyridine rings is 1. The third kappa shape index (κ3) is 2.60. The van der Waals surface area contributed by atoms with E-state index in [2.05, 4.69) is 4.98 Å². The molecule has 0 unspecified atom stereocenters. The molecule has 0 fully saturated rings. The van der Waals surface area contributed by atoms with E-state index in [-0.39, 0.29) is 17.1 Å². The van der Waals surface area contributed by atoms with Crippen molar-refractivity contribution in [1.29, 1.82) is 0 Å². The maximum atomic E-state index is 12.9. The van der Waals surface area contributed by atoms with Gasteiger partial charge >= 0.3 is 0 Å². The number of rotatable bonds is 3. The van der Waals surface area contributed by atoms with Crippen molar-refractivity contribution in [1.82, 2.24) is 4.98 Å². The topological polar surface area (TPSA) is 50.2 Å². The number of hydrogen-bond acceptors (Lipinski definition) is 3. The van der Waals surface area contributed by atoms with Crippen LogP contribution in [0.1, 0.15) is 21.5 Å². The molecular formula is C17H12FNO2. The minimum Gasteiger partial charge on any atom is -0.505 e. The number of phenols is 1. The van der Waals surface area contributed by atoms with Crippen LogP contribution in [0.3, 0.4) is 0 Å². The molecule has 0 aliphatic heterocycles. The molecule has 1 N–H and O–H groups in total. The van der Waals surface area contributed by atoms with Crippen LogP contribution in [0.5, 0.6) is 5.75 Å². The number of fused-ring (bicyclic) bond motifs is 1. The second-order valence-corrected chi connectivity index (χ2v) is 4.84. The molecule has 0 radical (unpaired) electrons. The largest absolute Gasteiger partial charge is 0.505 e. The predicted octanol–water partition coefficient (Wildman–Crippen LogP) is 3.48. The zero-order chi connectivity index (χ0) is 14.8. The first kappa shape index (κ1) is 13.2. The summed E-state index contributed by atoms with van der Waals surface area (Å²) < 4.78 is 12.9. The minimum absolute atomic E-state index is 0.101. The lowest BCUT2D eigenvalue weighted by Crippen LogP contribution is -1.92. The van der Waals surface area contributed by atoms with Gasteiger partial charge < -0.3 is 5.11 Å². The van der Waals surface area contributed by atoms with Crippen LogP contribution in [0, 0.1) is 5.82 Å². The van der Waals surface area contributed by atoms with Gasteiger partial charge in [0.05, 0.1) is 5.56 Å². The molecule has 3 nitrogen and oxygen atoms in total. The SMILES string of the molecule is O=Cc1ccc2cc(Cc3ccc(F)cc3)cnc2c1O. The zero-order valence-electron chi connectivity index (χ0n) is 11.1. The van der Waals surface area contributed by atoms with Crippen molar-refractivity contribution in [3.05, 3.63) is 71.2 Å². The van der Waals surface area contributed by atoms with Gasteiger partial charge in [0.25, 0.3) is 0 Å². The van der Waals surface area contributed by atoms with Crippen LogP contribution in [0.2, 0.25) is 0 Å². The lowest BCUT2D eigenvalue weighted by Gasteiger charge is -2.06. The van der Waals surface area contributed by atoms with Crippen molar-refractivity contribution in [2.75, 3.05) is 0 Å². The lowest BCUT2D eigenvalue weighted by molar-refractivity contribution is 0.112. The summed E-state index contributed by atoms with van der Waals surface area (Å²) in [6, 6.07) is 11.5. The van der Waals surface area contributed by atoms with Gasteiger partial charge in [-0.25, -0.2) is 4.39 Å². The summed E-state index contributed by atoms with van der Waals surface area (Å²) in [6.07, 6.45) is 2.88. The molecular weight excluding hydrogens is 269 g/mol. The van der Waals surface area contributed by atoms with E-state index in [1.807, 2.05) is 6.07 Å². The van der Waals surface area contributed by atoms with Gasteiger partial charge in [0.15, 0.2) is 12.0 Å². The first-order chi connectivity index (χ1) is 10.2. The van der Waals surface area contributed by atoms with Crippen LogP contribution < -0.4 is 0 Å². The fraction of sp³-hybridized carbons (Fsp3) is 0.0588. The molecule has 104 valence electrons. The monoisotopic (exact) mass is 281 g/mol. The molecule has 0 aliphatic carbocycles. The van der Waals surface area contributed by atoms with E-state index in [9.17, 15) is 14.3 Å². The van der Waals surface area contributed by atoms with E-state index < -0.39 is 0 Å². The average Bonchev–Trinajstić information content (AvgIpc) is 2.50. The maximum Gasteiger partial charge on any atom is 0.153 e. The summed E-state index contributed by atoms with van der Waals surface area (Å²) in [5, 5.41) is 10.7. The van der Waals surface area contributed by atoms with Crippen molar-refractivity contribution in [2.45, 2.75) is 6.42 Å². The normalized spacial score (nSPS) is 10.7. The smallest absolute Gasteiger partial charge is 0.153 e. The molecule has 0 saturated carbocycles. The van der Waals surface area contributed by atoms with Gasteiger partial charge in [-0.3, -0.25) is 9.78 Å². The maximum absolute atomic E-state index is 12.9. The van der Waals surface area contributed by atoms with Crippen molar-refractivity contribution in [3.63, 3.8) is 0 Å². The Morgan fingerprint density at radius 2 is 1.86 bits per heavy atom. The third-order valence-corrected chi connectivity index (χ3v) is 3.36. The molecule has 1 aromatic heterocycles. The minimum atomic E-state index is -0.262. The quantitative estimate of drug-likeness (QED) is 0.748. The number of hydrogen-bond donors (Lipinski definition) is 1. The Kier molecular flexibility index (Phi) is 3.36. The van der Waals surface area contributed by atoms with Crippen molar-refractivity contribution < 1.29 is 14.3 Å². The number of aromatic nitrogens is 1. The number of halogens is 1. The molecule has 0 spiro atoms. The van der Waals surface area contributed by atoms with Crippen LogP contribution in [0.4, 0.5) is 4.39 Å². The molecule has 2 aromatic carbocycles. The Bertz CT molecular complexity index is 813. The highest BCUT2D eigenvalue weighted by Gasteiger charge is 2.08. The van der Waals surface area contributed by atoms with E-state index in [1.54, 1.807) is 30.5 Å². The van der Waals surface area contributed by atoms with Gasteiger partial charge in [-0.1, -0.05) is 18.2 Å². The van der Waals surface area contributed by atoms with Crippen LogP contribution in [0.25, 0.3) is 10.9 Å². The Balaban J connectivity index is 1.98. The van der Waals surface area contributed by atoms with E-state index in [0.29, 0.717) is 18.2 Å². The fourth-order valence-corrected chi connectivity index (χ4v) is 2.28. The zero-order valence-corrected chi connectivity index (χ0v) is 11.1. The number of aldehydes is 1. The molecule has 1 heterocycles. The highest BCUT2D eigenvalue weighted by Crippen LogP contribution is 2.26.